The van der Waals surface area contributed by atoms with E-state index in [9.17, 15) is 4.79 Å². The number of rotatable bonds is 4. The monoisotopic (exact) mass is 223 g/mol. The molecule has 1 rings (SSSR count). The van der Waals surface area contributed by atoms with Crippen LogP contribution in [0.4, 0.5) is 0 Å². The van der Waals surface area contributed by atoms with E-state index in [0.29, 0.717) is 12.3 Å². The van der Waals surface area contributed by atoms with Gasteiger partial charge in [0.25, 0.3) is 0 Å². The first-order valence-corrected chi connectivity index (χ1v) is 5.12. The van der Waals surface area contributed by atoms with Crippen LogP contribution in [0, 0.1) is 6.92 Å². The van der Waals surface area contributed by atoms with Crippen LogP contribution in [0.1, 0.15) is 12.7 Å². The Labute approximate surface area is 95.3 Å². The Morgan fingerprint density at radius 1 is 1.62 bits per heavy atom. The predicted molar refractivity (Wildman–Crippen MR) is 61.6 cm³/mol. The van der Waals surface area contributed by atoms with Crippen LogP contribution in [0.15, 0.2) is 18.6 Å². The van der Waals surface area contributed by atoms with Gasteiger partial charge in [-0.15, -0.1) is 0 Å². The van der Waals surface area contributed by atoms with Crippen LogP contribution in [-0.2, 0) is 9.53 Å². The molecule has 0 radical (unpaired) electrons. The Kier molecular flexibility index (Phi) is 4.10. The van der Waals surface area contributed by atoms with Crippen molar-refractivity contribution in [2.75, 3.05) is 20.7 Å². The van der Waals surface area contributed by atoms with E-state index >= 15 is 0 Å². The summed E-state index contributed by atoms with van der Waals surface area (Å²) < 4.78 is 6.71. The Balaban J connectivity index is 3.07. The average molecular weight is 223 g/mol. The zero-order chi connectivity index (χ0) is 12.1. The minimum atomic E-state index is -0.350. The number of nitrogens with zero attached hydrogens (tertiary/aromatic N) is 3. The highest BCUT2D eigenvalue weighted by atomic mass is 16.5. The maximum atomic E-state index is 11.8. The SMILES string of the molecule is CCOC(=O)/C(=C\N(C)C)n1ccnc1C. The maximum absolute atomic E-state index is 11.8. The van der Waals surface area contributed by atoms with E-state index in [1.54, 1.807) is 35.0 Å². The zero-order valence-corrected chi connectivity index (χ0v) is 10.1. The number of hydrogen-bond donors (Lipinski definition) is 0. The maximum Gasteiger partial charge on any atom is 0.356 e. The minimum absolute atomic E-state index is 0.350. The van der Waals surface area contributed by atoms with E-state index in [-0.39, 0.29) is 5.97 Å². The molecule has 88 valence electrons. The van der Waals surface area contributed by atoms with Gasteiger partial charge in [0.1, 0.15) is 11.5 Å². The van der Waals surface area contributed by atoms with E-state index in [1.165, 1.54) is 0 Å². The third-order valence-electron chi connectivity index (χ3n) is 1.95. The van der Waals surface area contributed by atoms with E-state index in [2.05, 4.69) is 4.98 Å². The summed E-state index contributed by atoms with van der Waals surface area (Å²) in [6, 6.07) is 0. The molecule has 16 heavy (non-hydrogen) atoms. The van der Waals surface area contributed by atoms with Crippen molar-refractivity contribution < 1.29 is 9.53 Å². The number of hydrogen-bond acceptors (Lipinski definition) is 4. The number of esters is 1. The van der Waals surface area contributed by atoms with Gasteiger partial charge in [-0.2, -0.15) is 0 Å². The Morgan fingerprint density at radius 2 is 2.31 bits per heavy atom. The largest absolute Gasteiger partial charge is 0.461 e. The molecule has 1 aromatic heterocycles. The second-order valence-electron chi connectivity index (χ2n) is 3.54. The normalized spacial score (nSPS) is 11.4. The first kappa shape index (κ1) is 12.3. The van der Waals surface area contributed by atoms with Crippen molar-refractivity contribution >= 4 is 11.7 Å². The molecule has 0 bridgehead atoms. The summed E-state index contributed by atoms with van der Waals surface area (Å²) >= 11 is 0. The summed E-state index contributed by atoms with van der Waals surface area (Å²) in [5.41, 5.74) is 0.460. The molecule has 0 unspecified atom stereocenters. The quantitative estimate of drug-likeness (QED) is 0.567. The lowest BCUT2D eigenvalue weighted by molar-refractivity contribution is -0.136. The number of aryl methyl sites for hydroxylation is 1. The second kappa shape index (κ2) is 5.34. The summed E-state index contributed by atoms with van der Waals surface area (Å²) in [7, 11) is 3.71. The molecule has 1 heterocycles. The van der Waals surface area contributed by atoms with Crippen LogP contribution in [0.3, 0.4) is 0 Å². The molecule has 0 aliphatic heterocycles. The average Bonchev–Trinajstić information content (AvgIpc) is 2.61. The number of aromatic nitrogens is 2. The summed E-state index contributed by atoms with van der Waals surface area (Å²) in [5, 5.41) is 0. The van der Waals surface area contributed by atoms with Crippen LogP contribution in [0.25, 0.3) is 5.70 Å². The van der Waals surface area contributed by atoms with E-state index in [1.807, 2.05) is 21.0 Å². The standard InChI is InChI=1S/C11H17N3O2/c1-5-16-11(15)10(8-13(3)4)14-7-6-12-9(14)2/h6-8H,5H2,1-4H3/b10-8+. The molecular formula is C11H17N3O2. The molecule has 5 nitrogen and oxygen atoms in total. The van der Waals surface area contributed by atoms with E-state index in [4.69, 9.17) is 4.74 Å². The molecule has 0 amide bonds. The summed E-state index contributed by atoms with van der Waals surface area (Å²) in [6.45, 7) is 3.98. The number of carbonyl (C=O) groups excluding carboxylic acids is 1. The first-order valence-electron chi connectivity index (χ1n) is 5.12. The van der Waals surface area contributed by atoms with E-state index in [0.717, 1.165) is 5.82 Å². The van der Waals surface area contributed by atoms with Crippen LogP contribution < -0.4 is 0 Å². The molecule has 0 atom stereocenters. The van der Waals surface area contributed by atoms with Crippen molar-refractivity contribution in [3.05, 3.63) is 24.4 Å². The highest BCUT2D eigenvalue weighted by Gasteiger charge is 2.14. The lowest BCUT2D eigenvalue weighted by atomic mass is 10.4. The molecule has 0 aromatic carbocycles. The summed E-state index contributed by atoms with van der Waals surface area (Å²) in [6.07, 6.45) is 5.10. The van der Waals surface area contributed by atoms with Crippen molar-refractivity contribution in [3.63, 3.8) is 0 Å². The van der Waals surface area contributed by atoms with Crippen LogP contribution in [-0.4, -0.2) is 41.1 Å². The zero-order valence-electron chi connectivity index (χ0n) is 10.1. The predicted octanol–water partition coefficient (Wildman–Crippen LogP) is 1.11. The van der Waals surface area contributed by atoms with Gasteiger partial charge in [-0.05, 0) is 13.8 Å². The molecule has 0 spiro atoms. The molecule has 0 aliphatic rings. The Hall–Kier alpha value is -1.78. The van der Waals surface area contributed by atoms with Gasteiger partial charge in [0, 0.05) is 32.7 Å². The van der Waals surface area contributed by atoms with Gasteiger partial charge >= 0.3 is 5.97 Å². The second-order valence-corrected chi connectivity index (χ2v) is 3.54. The van der Waals surface area contributed by atoms with E-state index < -0.39 is 0 Å². The van der Waals surface area contributed by atoms with Gasteiger partial charge in [-0.25, -0.2) is 9.78 Å². The Bertz CT molecular complexity index is 394. The van der Waals surface area contributed by atoms with Crippen LogP contribution in [0.5, 0.6) is 0 Å². The molecule has 0 saturated carbocycles. The van der Waals surface area contributed by atoms with Crippen molar-refractivity contribution in [1.82, 2.24) is 14.5 Å². The molecule has 5 heteroatoms. The fourth-order valence-corrected chi connectivity index (χ4v) is 1.30. The molecule has 0 N–H and O–H groups in total. The van der Waals surface area contributed by atoms with Crippen molar-refractivity contribution in [2.24, 2.45) is 0 Å². The highest BCUT2D eigenvalue weighted by molar-refractivity contribution is 6.09. The molecular weight excluding hydrogens is 206 g/mol. The van der Waals surface area contributed by atoms with Crippen LogP contribution >= 0.6 is 0 Å². The highest BCUT2D eigenvalue weighted by Crippen LogP contribution is 2.10. The van der Waals surface area contributed by atoms with Gasteiger partial charge in [0.2, 0.25) is 0 Å². The van der Waals surface area contributed by atoms with Crippen LogP contribution in [0.2, 0.25) is 0 Å². The number of imidazole rings is 1. The molecule has 0 saturated heterocycles. The smallest absolute Gasteiger partial charge is 0.356 e. The Morgan fingerprint density at radius 3 is 2.75 bits per heavy atom. The first-order chi connectivity index (χ1) is 7.56. The third kappa shape index (κ3) is 2.85. The third-order valence-corrected chi connectivity index (χ3v) is 1.95. The van der Waals surface area contributed by atoms with Gasteiger partial charge in [-0.3, -0.25) is 4.57 Å². The van der Waals surface area contributed by atoms with Crippen molar-refractivity contribution in [2.45, 2.75) is 13.8 Å². The lowest BCUT2D eigenvalue weighted by Gasteiger charge is -2.13. The number of carbonyl (C=O) groups is 1. The minimum Gasteiger partial charge on any atom is -0.461 e. The molecule has 0 fully saturated rings. The fourth-order valence-electron chi connectivity index (χ4n) is 1.30. The van der Waals surface area contributed by atoms with Gasteiger partial charge < -0.3 is 9.64 Å². The van der Waals surface area contributed by atoms with Gasteiger partial charge in [-0.1, -0.05) is 0 Å². The van der Waals surface area contributed by atoms with Crippen molar-refractivity contribution in [3.8, 4) is 0 Å². The van der Waals surface area contributed by atoms with Crippen molar-refractivity contribution in [1.29, 1.82) is 0 Å². The van der Waals surface area contributed by atoms with Gasteiger partial charge in [0.15, 0.2) is 0 Å². The fraction of sp³-hybridized carbons (Fsp3) is 0.455. The van der Waals surface area contributed by atoms with Gasteiger partial charge in [0.05, 0.1) is 6.61 Å². The number of ether oxygens (including phenoxy) is 1. The molecule has 0 aliphatic carbocycles. The summed E-state index contributed by atoms with van der Waals surface area (Å²) in [5.74, 6) is 0.401. The lowest BCUT2D eigenvalue weighted by Crippen LogP contribution is -2.16. The molecule has 1 aromatic rings. The summed E-state index contributed by atoms with van der Waals surface area (Å²) in [4.78, 5) is 17.6. The topological polar surface area (TPSA) is 47.4 Å².